The summed E-state index contributed by atoms with van der Waals surface area (Å²) in [6.45, 7) is 11.4. The maximum atomic E-state index is 12.6. The number of nitrogens with zero attached hydrogens (tertiary/aromatic N) is 3. The Morgan fingerprint density at radius 3 is 2.42 bits per heavy atom. The van der Waals surface area contributed by atoms with Crippen LogP contribution in [0, 0.1) is 11.8 Å². The van der Waals surface area contributed by atoms with Gasteiger partial charge in [0.2, 0.25) is 0 Å². The first kappa shape index (κ1) is 24.9. The molecule has 0 unspecified atom stereocenters. The molecule has 3 atom stereocenters. The lowest BCUT2D eigenvalue weighted by atomic mass is 9.56. The smallest absolute Gasteiger partial charge is 0.410 e. The number of ketones is 1. The number of carbonyl (C=O) groups excluding carboxylic acids is 2. The van der Waals surface area contributed by atoms with E-state index in [1.807, 2.05) is 31.7 Å². The average molecular weight is 490 g/mol. The quantitative estimate of drug-likeness (QED) is 0.511. The summed E-state index contributed by atoms with van der Waals surface area (Å²) >= 11 is 0. The number of hydrogen-bond acceptors (Lipinski definition) is 5. The van der Waals surface area contributed by atoms with Crippen LogP contribution >= 0.6 is 0 Å². The summed E-state index contributed by atoms with van der Waals surface area (Å²) in [5, 5.41) is 0. The number of amides is 1. The van der Waals surface area contributed by atoms with Gasteiger partial charge in [-0.2, -0.15) is 0 Å². The molecular formula is C30H39N3O3. The molecule has 1 aromatic carbocycles. The normalized spacial score (nSPS) is 26.8. The number of ether oxygens (including phenoxy) is 1. The third-order valence-electron chi connectivity index (χ3n) is 8.65. The topological polar surface area (TPSA) is 72.4 Å². The van der Waals surface area contributed by atoms with Gasteiger partial charge in [0.05, 0.1) is 11.4 Å². The molecule has 2 aromatic rings. The third-order valence-corrected chi connectivity index (χ3v) is 8.65. The van der Waals surface area contributed by atoms with E-state index in [0.29, 0.717) is 31.2 Å². The second kappa shape index (κ2) is 9.28. The van der Waals surface area contributed by atoms with Crippen molar-refractivity contribution < 1.29 is 14.3 Å². The minimum absolute atomic E-state index is 0.0764. The van der Waals surface area contributed by atoms with Crippen molar-refractivity contribution in [2.75, 3.05) is 13.1 Å². The SMILES string of the molecule is C[C@H]1C(=O)CC[C@@]2(C)c3nc(C4CCN(C(=O)OC(C)(C)C)CC4)nc(-c4ccccc4)c3CC[C@H]12. The Balaban J connectivity index is 1.50. The van der Waals surface area contributed by atoms with Gasteiger partial charge in [0.25, 0.3) is 0 Å². The summed E-state index contributed by atoms with van der Waals surface area (Å²) in [5.41, 5.74) is 4.00. The van der Waals surface area contributed by atoms with E-state index in [9.17, 15) is 9.59 Å². The molecule has 2 heterocycles. The Labute approximate surface area is 214 Å². The van der Waals surface area contributed by atoms with Gasteiger partial charge in [0.15, 0.2) is 0 Å². The Kier molecular flexibility index (Phi) is 6.42. The summed E-state index contributed by atoms with van der Waals surface area (Å²) in [4.78, 5) is 37.5. The van der Waals surface area contributed by atoms with Crippen LogP contribution in [0.25, 0.3) is 11.3 Å². The van der Waals surface area contributed by atoms with E-state index in [4.69, 9.17) is 14.7 Å². The predicted molar refractivity (Wildman–Crippen MR) is 140 cm³/mol. The molecule has 192 valence electrons. The van der Waals surface area contributed by atoms with E-state index in [2.05, 4.69) is 38.1 Å². The minimum atomic E-state index is -0.495. The molecule has 0 spiro atoms. The second-order valence-electron chi connectivity index (χ2n) is 12.2. The maximum absolute atomic E-state index is 12.6. The van der Waals surface area contributed by atoms with E-state index in [1.165, 1.54) is 5.56 Å². The second-order valence-corrected chi connectivity index (χ2v) is 12.2. The number of aromatic nitrogens is 2. The Hall–Kier alpha value is -2.76. The first-order chi connectivity index (χ1) is 17.1. The van der Waals surface area contributed by atoms with Gasteiger partial charge in [-0.25, -0.2) is 14.8 Å². The number of benzene rings is 1. The third kappa shape index (κ3) is 4.55. The van der Waals surface area contributed by atoms with Gasteiger partial charge < -0.3 is 9.64 Å². The Bertz CT molecular complexity index is 1150. The van der Waals surface area contributed by atoms with Crippen molar-refractivity contribution in [1.82, 2.24) is 14.9 Å². The van der Waals surface area contributed by atoms with Crippen LogP contribution in [0.3, 0.4) is 0 Å². The molecular weight excluding hydrogens is 450 g/mol. The van der Waals surface area contributed by atoms with Crippen LogP contribution in [0.15, 0.2) is 30.3 Å². The van der Waals surface area contributed by atoms with Gasteiger partial charge >= 0.3 is 6.09 Å². The lowest BCUT2D eigenvalue weighted by molar-refractivity contribution is -0.128. The lowest BCUT2D eigenvalue weighted by Crippen LogP contribution is -2.47. The zero-order valence-electron chi connectivity index (χ0n) is 22.3. The van der Waals surface area contributed by atoms with E-state index < -0.39 is 5.60 Å². The van der Waals surface area contributed by atoms with Gasteiger partial charge in [-0.15, -0.1) is 0 Å². The van der Waals surface area contributed by atoms with Crippen molar-refractivity contribution in [1.29, 1.82) is 0 Å². The van der Waals surface area contributed by atoms with Crippen molar-refractivity contribution >= 4 is 11.9 Å². The van der Waals surface area contributed by atoms with Gasteiger partial charge in [0.1, 0.15) is 17.2 Å². The number of Topliss-reactive ketones (excluding diaryl/α,β-unsaturated/α-hetero) is 1. The Morgan fingerprint density at radius 2 is 1.75 bits per heavy atom. The van der Waals surface area contributed by atoms with E-state index >= 15 is 0 Å². The highest BCUT2D eigenvalue weighted by atomic mass is 16.6. The highest BCUT2D eigenvalue weighted by Crippen LogP contribution is 2.52. The molecule has 5 rings (SSSR count). The molecule has 1 aliphatic heterocycles. The fraction of sp³-hybridized carbons (Fsp3) is 0.600. The molecule has 0 bridgehead atoms. The lowest BCUT2D eigenvalue weighted by Gasteiger charge is -2.48. The number of piperidine rings is 1. The van der Waals surface area contributed by atoms with Crippen LogP contribution in [0.4, 0.5) is 4.79 Å². The van der Waals surface area contributed by atoms with Crippen molar-refractivity contribution in [3.05, 3.63) is 47.4 Å². The van der Waals surface area contributed by atoms with Crippen LogP contribution in [0.2, 0.25) is 0 Å². The molecule has 1 saturated heterocycles. The monoisotopic (exact) mass is 489 g/mol. The molecule has 1 aromatic heterocycles. The first-order valence-corrected chi connectivity index (χ1v) is 13.5. The summed E-state index contributed by atoms with van der Waals surface area (Å²) in [6.07, 6.45) is 4.80. The molecule has 6 nitrogen and oxygen atoms in total. The van der Waals surface area contributed by atoms with Gasteiger partial charge in [-0.05, 0) is 58.8 Å². The summed E-state index contributed by atoms with van der Waals surface area (Å²) in [6, 6.07) is 10.4. The highest BCUT2D eigenvalue weighted by molar-refractivity contribution is 5.82. The molecule has 6 heteroatoms. The Morgan fingerprint density at radius 1 is 1.06 bits per heavy atom. The number of hydrogen-bond donors (Lipinski definition) is 0. The van der Waals surface area contributed by atoms with Gasteiger partial charge in [0, 0.05) is 47.9 Å². The zero-order chi connectivity index (χ0) is 25.7. The maximum Gasteiger partial charge on any atom is 0.410 e. The predicted octanol–water partition coefficient (Wildman–Crippen LogP) is 6.08. The van der Waals surface area contributed by atoms with Crippen LogP contribution in [0.1, 0.15) is 89.7 Å². The van der Waals surface area contributed by atoms with Crippen molar-refractivity contribution in [3.8, 4) is 11.3 Å². The average Bonchev–Trinajstić information content (AvgIpc) is 2.86. The molecule has 3 aliphatic rings. The van der Waals surface area contributed by atoms with Gasteiger partial charge in [-0.3, -0.25) is 4.79 Å². The van der Waals surface area contributed by atoms with Gasteiger partial charge in [-0.1, -0.05) is 44.2 Å². The standard InChI is InChI=1S/C30H39N3O3/c1-19-23-12-11-22-25(20-9-7-6-8-10-20)31-27(32-26(22)30(23,5)16-13-24(19)34)21-14-17-33(18-15-21)28(35)36-29(2,3)4/h6-10,19,21,23H,11-18H2,1-5H3/t19-,23-,30-/m1/s1. The molecule has 1 saturated carbocycles. The fourth-order valence-corrected chi connectivity index (χ4v) is 6.61. The van der Waals surface area contributed by atoms with Crippen molar-refractivity contribution in [2.24, 2.45) is 11.8 Å². The number of fused-ring (bicyclic) bond motifs is 3. The molecule has 36 heavy (non-hydrogen) atoms. The molecule has 0 N–H and O–H groups in total. The fourth-order valence-electron chi connectivity index (χ4n) is 6.61. The van der Waals surface area contributed by atoms with Crippen LogP contribution in [0.5, 0.6) is 0 Å². The highest BCUT2D eigenvalue weighted by Gasteiger charge is 2.50. The number of likely N-dealkylation sites (tertiary alicyclic amines) is 1. The van der Waals surface area contributed by atoms with Crippen molar-refractivity contribution in [2.45, 2.75) is 90.1 Å². The molecule has 2 aliphatic carbocycles. The van der Waals surface area contributed by atoms with Crippen LogP contribution < -0.4 is 0 Å². The summed E-state index contributed by atoms with van der Waals surface area (Å²) in [7, 11) is 0. The van der Waals surface area contributed by atoms with Crippen LogP contribution in [-0.2, 0) is 21.4 Å². The number of rotatable bonds is 2. The summed E-state index contributed by atoms with van der Waals surface area (Å²) < 4.78 is 5.59. The molecule has 2 fully saturated rings. The molecule has 0 radical (unpaired) electrons. The van der Waals surface area contributed by atoms with E-state index in [-0.39, 0.29) is 23.3 Å². The minimum Gasteiger partial charge on any atom is -0.444 e. The largest absolute Gasteiger partial charge is 0.444 e. The van der Waals surface area contributed by atoms with Crippen LogP contribution in [-0.4, -0.2) is 45.4 Å². The number of carbonyl (C=O) groups is 2. The van der Waals surface area contributed by atoms with Crippen molar-refractivity contribution in [3.63, 3.8) is 0 Å². The molecule has 1 amide bonds. The first-order valence-electron chi connectivity index (χ1n) is 13.5. The summed E-state index contributed by atoms with van der Waals surface area (Å²) in [5.74, 6) is 1.89. The van der Waals surface area contributed by atoms with E-state index in [0.717, 1.165) is 54.9 Å². The van der Waals surface area contributed by atoms with E-state index in [1.54, 1.807) is 0 Å². The zero-order valence-corrected chi connectivity index (χ0v) is 22.3.